The molecule has 2 N–H and O–H groups in total. The zero-order valence-corrected chi connectivity index (χ0v) is 12.6. The maximum absolute atomic E-state index is 12.0. The fourth-order valence-corrected chi connectivity index (χ4v) is 2.25. The van der Waals surface area contributed by atoms with E-state index in [1.807, 2.05) is 42.1 Å². The van der Waals surface area contributed by atoms with Crippen molar-refractivity contribution in [1.29, 1.82) is 0 Å². The number of carbonyl (C=O) groups excluding carboxylic acids is 1. The minimum absolute atomic E-state index is 0. The summed E-state index contributed by atoms with van der Waals surface area (Å²) >= 11 is 0. The summed E-state index contributed by atoms with van der Waals surface area (Å²) in [6, 6.07) is 9.95. The molecule has 6 heteroatoms. The van der Waals surface area contributed by atoms with Gasteiger partial charge in [-0.2, -0.15) is 5.10 Å². The van der Waals surface area contributed by atoms with Crippen molar-refractivity contribution in [2.24, 2.45) is 5.92 Å². The van der Waals surface area contributed by atoms with E-state index in [9.17, 15) is 4.79 Å². The molecule has 0 saturated carbocycles. The molecule has 1 aromatic heterocycles. The van der Waals surface area contributed by atoms with E-state index in [1.54, 1.807) is 6.20 Å². The van der Waals surface area contributed by atoms with Crippen LogP contribution in [0.3, 0.4) is 0 Å². The summed E-state index contributed by atoms with van der Waals surface area (Å²) in [6.07, 6.45) is 3.66. The third-order valence-corrected chi connectivity index (χ3v) is 3.65. The van der Waals surface area contributed by atoms with Gasteiger partial charge in [-0.1, -0.05) is 12.1 Å². The molecule has 2 aromatic rings. The van der Waals surface area contributed by atoms with E-state index in [2.05, 4.69) is 21.8 Å². The van der Waals surface area contributed by atoms with Gasteiger partial charge in [-0.05, 0) is 30.7 Å². The normalized spacial score (nSPS) is 15.7. The third-order valence-electron chi connectivity index (χ3n) is 3.65. The molecule has 0 radical (unpaired) electrons. The second-order valence-electron chi connectivity index (χ2n) is 5.13. The number of hydrogen-bond acceptors (Lipinski definition) is 3. The molecule has 1 saturated heterocycles. The highest BCUT2D eigenvalue weighted by Gasteiger charge is 2.25. The van der Waals surface area contributed by atoms with Crippen molar-refractivity contribution in [3.8, 4) is 5.69 Å². The number of amides is 1. The van der Waals surface area contributed by atoms with Gasteiger partial charge in [0.05, 0.1) is 17.6 Å². The van der Waals surface area contributed by atoms with Crippen LogP contribution in [0.1, 0.15) is 18.5 Å². The lowest BCUT2D eigenvalue weighted by Crippen LogP contribution is -2.51. The van der Waals surface area contributed by atoms with E-state index >= 15 is 0 Å². The molecule has 1 unspecified atom stereocenters. The van der Waals surface area contributed by atoms with E-state index in [1.165, 1.54) is 0 Å². The summed E-state index contributed by atoms with van der Waals surface area (Å²) in [5, 5.41) is 10.4. The lowest BCUT2D eigenvalue weighted by atomic mass is 10.0. The van der Waals surface area contributed by atoms with Gasteiger partial charge in [0.15, 0.2) is 0 Å². The third kappa shape index (κ3) is 3.43. The van der Waals surface area contributed by atoms with Crippen LogP contribution in [-0.4, -0.2) is 28.8 Å². The van der Waals surface area contributed by atoms with Crippen LogP contribution in [0.15, 0.2) is 42.7 Å². The molecular weight excluding hydrogens is 288 g/mol. The Hall–Kier alpha value is -1.85. The summed E-state index contributed by atoms with van der Waals surface area (Å²) in [5.41, 5.74) is 2.08. The van der Waals surface area contributed by atoms with Gasteiger partial charge >= 0.3 is 0 Å². The standard InChI is InChI=1S/C15H18N4O.ClH/c1-11(18-15(20)13-9-16-10-13)12-4-2-5-14(8-12)19-7-3-6-17-19;/h2-8,11,13,16H,9-10H2,1H3,(H,18,20);1H. The Kier molecular flexibility index (Phi) is 4.98. The fraction of sp³-hybridized carbons (Fsp3) is 0.333. The molecule has 1 aromatic carbocycles. The summed E-state index contributed by atoms with van der Waals surface area (Å²) in [6.45, 7) is 3.57. The van der Waals surface area contributed by atoms with E-state index in [4.69, 9.17) is 0 Å². The molecule has 2 heterocycles. The molecule has 3 rings (SSSR count). The van der Waals surface area contributed by atoms with Crippen LogP contribution < -0.4 is 10.6 Å². The van der Waals surface area contributed by atoms with Crippen LogP contribution in [0.5, 0.6) is 0 Å². The molecule has 21 heavy (non-hydrogen) atoms. The molecule has 1 fully saturated rings. The van der Waals surface area contributed by atoms with Crippen molar-refractivity contribution in [1.82, 2.24) is 20.4 Å². The first kappa shape index (κ1) is 15.5. The van der Waals surface area contributed by atoms with E-state index in [0.717, 1.165) is 24.3 Å². The van der Waals surface area contributed by atoms with Crippen LogP contribution in [0.2, 0.25) is 0 Å². The molecule has 1 atom stereocenters. The monoisotopic (exact) mass is 306 g/mol. The molecule has 0 spiro atoms. The molecule has 5 nitrogen and oxygen atoms in total. The quantitative estimate of drug-likeness (QED) is 0.904. The van der Waals surface area contributed by atoms with Crippen molar-refractivity contribution in [3.63, 3.8) is 0 Å². The molecule has 0 bridgehead atoms. The Morgan fingerprint density at radius 2 is 2.24 bits per heavy atom. The first-order valence-electron chi connectivity index (χ1n) is 6.85. The van der Waals surface area contributed by atoms with Crippen LogP contribution in [-0.2, 0) is 4.79 Å². The minimum Gasteiger partial charge on any atom is -0.349 e. The van der Waals surface area contributed by atoms with Crippen molar-refractivity contribution in [2.45, 2.75) is 13.0 Å². The van der Waals surface area contributed by atoms with E-state index in [-0.39, 0.29) is 30.3 Å². The average Bonchev–Trinajstić information content (AvgIpc) is 2.90. The van der Waals surface area contributed by atoms with Crippen LogP contribution >= 0.6 is 12.4 Å². The number of nitrogens with zero attached hydrogens (tertiary/aromatic N) is 2. The molecule has 1 amide bonds. The molecule has 0 aliphatic carbocycles. The van der Waals surface area contributed by atoms with Gasteiger partial charge in [-0.25, -0.2) is 4.68 Å². The van der Waals surface area contributed by atoms with Gasteiger partial charge in [0.2, 0.25) is 5.91 Å². The predicted molar refractivity (Wildman–Crippen MR) is 83.7 cm³/mol. The lowest BCUT2D eigenvalue weighted by Gasteiger charge is -2.27. The van der Waals surface area contributed by atoms with Crippen LogP contribution in [0.4, 0.5) is 0 Å². The number of benzene rings is 1. The van der Waals surface area contributed by atoms with Crippen LogP contribution in [0.25, 0.3) is 5.69 Å². The summed E-state index contributed by atoms with van der Waals surface area (Å²) in [4.78, 5) is 12.0. The predicted octanol–water partition coefficient (Wildman–Crippen LogP) is 1.69. The van der Waals surface area contributed by atoms with Gasteiger partial charge in [-0.3, -0.25) is 4.79 Å². The van der Waals surface area contributed by atoms with Crippen molar-refractivity contribution < 1.29 is 4.79 Å². The number of hydrogen-bond donors (Lipinski definition) is 2. The highest BCUT2D eigenvalue weighted by atomic mass is 35.5. The fourth-order valence-electron chi connectivity index (χ4n) is 2.25. The zero-order valence-electron chi connectivity index (χ0n) is 11.8. The molecule has 112 valence electrons. The summed E-state index contributed by atoms with van der Waals surface area (Å²) in [7, 11) is 0. The highest BCUT2D eigenvalue weighted by molar-refractivity contribution is 5.85. The van der Waals surface area contributed by atoms with Gasteiger partial charge in [0.1, 0.15) is 0 Å². The minimum atomic E-state index is -0.00128. The van der Waals surface area contributed by atoms with E-state index < -0.39 is 0 Å². The Labute approximate surface area is 130 Å². The maximum atomic E-state index is 12.0. The SMILES string of the molecule is CC(NC(=O)C1CNC1)c1cccc(-n2cccn2)c1.Cl. The maximum Gasteiger partial charge on any atom is 0.226 e. The first-order valence-corrected chi connectivity index (χ1v) is 6.85. The Morgan fingerprint density at radius 3 is 2.86 bits per heavy atom. The molecule has 1 aliphatic rings. The van der Waals surface area contributed by atoms with Gasteiger partial charge in [-0.15, -0.1) is 12.4 Å². The number of nitrogens with one attached hydrogen (secondary N) is 2. The van der Waals surface area contributed by atoms with Gasteiger partial charge in [0.25, 0.3) is 0 Å². The number of halogens is 1. The van der Waals surface area contributed by atoms with Crippen molar-refractivity contribution in [2.75, 3.05) is 13.1 Å². The Morgan fingerprint density at radius 1 is 1.43 bits per heavy atom. The lowest BCUT2D eigenvalue weighted by molar-refractivity contribution is -0.127. The van der Waals surface area contributed by atoms with Crippen molar-refractivity contribution in [3.05, 3.63) is 48.3 Å². The Balaban J connectivity index is 0.00000161. The van der Waals surface area contributed by atoms with Crippen molar-refractivity contribution >= 4 is 18.3 Å². The Bertz CT molecular complexity index is 595. The number of aromatic nitrogens is 2. The van der Waals surface area contributed by atoms with Gasteiger partial charge < -0.3 is 10.6 Å². The van der Waals surface area contributed by atoms with E-state index in [0.29, 0.717) is 0 Å². The molecule has 1 aliphatic heterocycles. The largest absolute Gasteiger partial charge is 0.349 e. The van der Waals surface area contributed by atoms with Gasteiger partial charge in [0, 0.05) is 25.5 Å². The second-order valence-corrected chi connectivity index (χ2v) is 5.13. The first-order chi connectivity index (χ1) is 9.74. The number of carbonyl (C=O) groups is 1. The second kappa shape index (κ2) is 6.74. The average molecular weight is 307 g/mol. The molecular formula is C15H19ClN4O. The highest BCUT2D eigenvalue weighted by Crippen LogP contribution is 2.17. The topological polar surface area (TPSA) is 59.0 Å². The summed E-state index contributed by atoms with van der Waals surface area (Å²) in [5.74, 6) is 0.243. The zero-order chi connectivity index (χ0) is 13.9. The smallest absolute Gasteiger partial charge is 0.226 e. The van der Waals surface area contributed by atoms with Crippen LogP contribution in [0, 0.1) is 5.92 Å². The summed E-state index contributed by atoms with van der Waals surface area (Å²) < 4.78 is 1.81. The number of rotatable bonds is 4.